The molecule has 0 saturated heterocycles. The normalized spacial score (nSPS) is 10.6. The lowest BCUT2D eigenvalue weighted by atomic mass is 10.1. The molecule has 128 valence electrons. The molecule has 25 heavy (non-hydrogen) atoms. The van der Waals surface area contributed by atoms with E-state index in [1.54, 1.807) is 19.1 Å². The molecule has 0 bridgehead atoms. The van der Waals surface area contributed by atoms with Crippen molar-refractivity contribution in [3.8, 4) is 0 Å². The third-order valence-corrected chi connectivity index (χ3v) is 3.25. The number of hydrogen-bond acceptors (Lipinski definition) is 6. The molecule has 0 aliphatic rings. The van der Waals surface area contributed by atoms with E-state index in [1.807, 2.05) is 12.1 Å². The number of rotatable bonds is 7. The maximum atomic E-state index is 11.3. The molecular weight excluding hydrogens is 322 g/mol. The topological polar surface area (TPSA) is 94.2 Å². The Hall–Kier alpha value is -3.35. The van der Waals surface area contributed by atoms with E-state index in [0.717, 1.165) is 5.56 Å². The highest BCUT2D eigenvalue weighted by Gasteiger charge is 2.04. The van der Waals surface area contributed by atoms with Crippen LogP contribution in [0.4, 0.5) is 17.1 Å². The molecule has 0 amide bonds. The minimum absolute atomic E-state index is 0.00986. The molecule has 0 heterocycles. The van der Waals surface area contributed by atoms with Gasteiger partial charge in [-0.05, 0) is 36.8 Å². The fourth-order valence-electron chi connectivity index (χ4n) is 1.87. The van der Waals surface area contributed by atoms with Crippen molar-refractivity contribution in [2.24, 2.45) is 10.2 Å². The van der Waals surface area contributed by atoms with Gasteiger partial charge in [-0.2, -0.15) is 10.2 Å². The minimum atomic E-state index is -0.465. The largest absolute Gasteiger partial charge is 0.462 e. The molecule has 2 rings (SSSR count). The first-order valence-electron chi connectivity index (χ1n) is 7.53. The van der Waals surface area contributed by atoms with Crippen LogP contribution in [0.25, 0.3) is 0 Å². The van der Waals surface area contributed by atoms with Gasteiger partial charge in [0.2, 0.25) is 0 Å². The molecule has 0 spiro atoms. The Labute approximate surface area is 144 Å². The highest BCUT2D eigenvalue weighted by atomic mass is 16.6. The number of ether oxygens (including phenoxy) is 1. The zero-order valence-corrected chi connectivity index (χ0v) is 13.7. The smallest absolute Gasteiger partial charge is 0.333 e. The maximum Gasteiger partial charge on any atom is 0.333 e. The van der Waals surface area contributed by atoms with E-state index in [2.05, 4.69) is 16.8 Å². The third-order valence-electron chi connectivity index (χ3n) is 3.25. The number of non-ortho nitro benzene ring substituents is 1. The first kappa shape index (κ1) is 18.0. The average molecular weight is 339 g/mol. The monoisotopic (exact) mass is 339 g/mol. The molecule has 0 aliphatic heterocycles. The molecule has 0 fully saturated rings. The van der Waals surface area contributed by atoms with Crippen LogP contribution in [0.5, 0.6) is 0 Å². The van der Waals surface area contributed by atoms with E-state index < -0.39 is 10.9 Å². The Morgan fingerprint density at radius 3 is 2.08 bits per heavy atom. The van der Waals surface area contributed by atoms with Crippen LogP contribution in [-0.2, 0) is 16.0 Å². The van der Waals surface area contributed by atoms with Crippen molar-refractivity contribution in [2.45, 2.75) is 13.3 Å². The van der Waals surface area contributed by atoms with E-state index in [1.165, 1.54) is 24.3 Å². The summed E-state index contributed by atoms with van der Waals surface area (Å²) in [6, 6.07) is 13.2. The Kier molecular flexibility index (Phi) is 6.11. The number of benzene rings is 2. The van der Waals surface area contributed by atoms with Gasteiger partial charge in [0.25, 0.3) is 5.69 Å². The summed E-state index contributed by atoms with van der Waals surface area (Å²) in [5.74, 6) is -0.395. The fourth-order valence-corrected chi connectivity index (χ4v) is 1.87. The Balaban J connectivity index is 1.90. The number of nitrogens with zero attached hydrogens (tertiary/aromatic N) is 3. The van der Waals surface area contributed by atoms with E-state index >= 15 is 0 Å². The van der Waals surface area contributed by atoms with Crippen molar-refractivity contribution in [2.75, 3.05) is 6.61 Å². The lowest BCUT2D eigenvalue weighted by Crippen LogP contribution is -2.07. The molecular formula is C18H17N3O4. The lowest BCUT2D eigenvalue weighted by molar-refractivity contribution is -0.384. The van der Waals surface area contributed by atoms with Crippen LogP contribution >= 0.6 is 0 Å². The molecule has 0 aromatic heterocycles. The first-order valence-corrected chi connectivity index (χ1v) is 7.53. The summed E-state index contributed by atoms with van der Waals surface area (Å²) in [4.78, 5) is 21.4. The van der Waals surface area contributed by atoms with Crippen LogP contribution in [0.15, 0.2) is 70.9 Å². The third kappa shape index (κ3) is 5.65. The number of carbonyl (C=O) groups is 1. The Bertz CT molecular complexity index is 796. The molecule has 0 saturated carbocycles. The summed E-state index contributed by atoms with van der Waals surface area (Å²) in [6.45, 7) is 5.41. The zero-order chi connectivity index (χ0) is 18.2. The molecule has 0 N–H and O–H groups in total. The summed E-state index contributed by atoms with van der Waals surface area (Å²) in [7, 11) is 0. The molecule has 2 aromatic rings. The van der Waals surface area contributed by atoms with Gasteiger partial charge in [-0.3, -0.25) is 10.1 Å². The van der Waals surface area contributed by atoms with Gasteiger partial charge in [-0.15, -0.1) is 0 Å². The second kappa shape index (κ2) is 8.49. The minimum Gasteiger partial charge on any atom is -0.462 e. The predicted octanol–water partition coefficient (Wildman–Crippen LogP) is 4.67. The Morgan fingerprint density at radius 2 is 1.60 bits per heavy atom. The fraction of sp³-hybridized carbons (Fsp3) is 0.167. The van der Waals surface area contributed by atoms with Crippen LogP contribution in [-0.4, -0.2) is 17.5 Å². The van der Waals surface area contributed by atoms with Gasteiger partial charge in [-0.25, -0.2) is 4.79 Å². The van der Waals surface area contributed by atoms with Crippen LogP contribution in [0.2, 0.25) is 0 Å². The van der Waals surface area contributed by atoms with E-state index in [4.69, 9.17) is 4.74 Å². The second-order valence-corrected chi connectivity index (χ2v) is 5.31. The molecule has 0 radical (unpaired) electrons. The Morgan fingerprint density at radius 1 is 1.08 bits per heavy atom. The summed E-state index contributed by atoms with van der Waals surface area (Å²) in [6.07, 6.45) is 0.596. The van der Waals surface area contributed by atoms with Gasteiger partial charge >= 0.3 is 5.97 Å². The van der Waals surface area contributed by atoms with E-state index in [9.17, 15) is 14.9 Å². The van der Waals surface area contributed by atoms with Crippen molar-refractivity contribution in [3.63, 3.8) is 0 Å². The SMILES string of the molecule is C=C(C)C(=O)OCCc1ccc(N=Nc2ccc([N+](=O)[O-])cc2)cc1. The van der Waals surface area contributed by atoms with Gasteiger partial charge in [0, 0.05) is 24.1 Å². The highest BCUT2D eigenvalue weighted by molar-refractivity contribution is 5.86. The molecule has 2 aromatic carbocycles. The van der Waals surface area contributed by atoms with E-state index in [-0.39, 0.29) is 12.3 Å². The van der Waals surface area contributed by atoms with Gasteiger partial charge in [-0.1, -0.05) is 18.7 Å². The van der Waals surface area contributed by atoms with Crippen molar-refractivity contribution in [1.29, 1.82) is 0 Å². The van der Waals surface area contributed by atoms with Gasteiger partial charge in [0.15, 0.2) is 0 Å². The lowest BCUT2D eigenvalue weighted by Gasteiger charge is -2.04. The number of nitro benzene ring substituents is 1. The molecule has 0 unspecified atom stereocenters. The standard InChI is InChI=1S/C18H17N3O4/c1-13(2)18(22)25-12-11-14-3-5-15(6-4-14)19-20-16-7-9-17(10-8-16)21(23)24/h3-10H,1,11-12H2,2H3. The number of hydrogen-bond donors (Lipinski definition) is 0. The van der Waals surface area contributed by atoms with Gasteiger partial charge in [0.1, 0.15) is 0 Å². The average Bonchev–Trinajstić information content (AvgIpc) is 2.61. The van der Waals surface area contributed by atoms with Crippen LogP contribution < -0.4 is 0 Å². The number of carbonyl (C=O) groups excluding carboxylic acids is 1. The molecule has 7 heteroatoms. The van der Waals surface area contributed by atoms with Crippen molar-refractivity contribution < 1.29 is 14.5 Å². The van der Waals surface area contributed by atoms with Crippen molar-refractivity contribution in [1.82, 2.24) is 0 Å². The summed E-state index contributed by atoms with van der Waals surface area (Å²) in [5.41, 5.74) is 2.57. The molecule has 0 aliphatic carbocycles. The maximum absolute atomic E-state index is 11.3. The first-order chi connectivity index (χ1) is 12.0. The van der Waals surface area contributed by atoms with Crippen LogP contribution in [0.1, 0.15) is 12.5 Å². The summed E-state index contributed by atoms with van der Waals surface area (Å²) in [5, 5.41) is 18.7. The van der Waals surface area contributed by atoms with Gasteiger partial charge < -0.3 is 4.74 Å². The van der Waals surface area contributed by atoms with Crippen LogP contribution in [0.3, 0.4) is 0 Å². The van der Waals surface area contributed by atoms with Crippen molar-refractivity contribution >= 4 is 23.0 Å². The number of nitro groups is 1. The molecule has 7 nitrogen and oxygen atoms in total. The van der Waals surface area contributed by atoms with Crippen molar-refractivity contribution in [3.05, 3.63) is 76.4 Å². The van der Waals surface area contributed by atoms with Gasteiger partial charge in [0.05, 0.1) is 22.9 Å². The number of esters is 1. The zero-order valence-electron chi connectivity index (χ0n) is 13.7. The second-order valence-electron chi connectivity index (χ2n) is 5.31. The summed E-state index contributed by atoms with van der Waals surface area (Å²) >= 11 is 0. The van der Waals surface area contributed by atoms with Crippen LogP contribution in [0, 0.1) is 10.1 Å². The predicted molar refractivity (Wildman–Crippen MR) is 93.2 cm³/mol. The quantitative estimate of drug-likeness (QED) is 0.241. The highest BCUT2D eigenvalue weighted by Crippen LogP contribution is 2.21. The number of azo groups is 1. The van der Waals surface area contributed by atoms with E-state index in [0.29, 0.717) is 23.4 Å². The molecule has 0 atom stereocenters. The summed E-state index contributed by atoms with van der Waals surface area (Å²) < 4.78 is 5.04.